The van der Waals surface area contributed by atoms with Crippen molar-refractivity contribution in [2.24, 2.45) is 5.41 Å². The largest absolute Gasteiger partial charge is 0.342 e. The Bertz CT molecular complexity index is 547. The van der Waals surface area contributed by atoms with Crippen LogP contribution in [-0.2, 0) is 16.1 Å². The second kappa shape index (κ2) is 5.75. The van der Waals surface area contributed by atoms with Crippen molar-refractivity contribution in [3.63, 3.8) is 0 Å². The zero-order chi connectivity index (χ0) is 15.8. The maximum atomic E-state index is 12.8. The fraction of sp³-hybridized carbons (Fsp3) is 0.667. The van der Waals surface area contributed by atoms with Crippen molar-refractivity contribution < 1.29 is 9.59 Å². The molecule has 2 rings (SSSR count). The van der Waals surface area contributed by atoms with Crippen molar-refractivity contribution in [1.82, 2.24) is 15.2 Å². The molecule has 2 heterocycles. The maximum Gasteiger partial charge on any atom is 0.246 e. The SMILES string of the molecule is CCC1C(=O)NC(C(C)(C)C)C(=O)N1Cc1ncc(C)s1. The van der Waals surface area contributed by atoms with E-state index in [1.54, 1.807) is 22.4 Å². The average molecular weight is 309 g/mol. The molecule has 1 aliphatic heterocycles. The number of piperazine rings is 1. The number of carbonyl (C=O) groups is 2. The molecular weight excluding hydrogens is 286 g/mol. The Kier molecular flexibility index (Phi) is 4.37. The highest BCUT2D eigenvalue weighted by Crippen LogP contribution is 2.27. The van der Waals surface area contributed by atoms with Gasteiger partial charge in [-0.05, 0) is 18.8 Å². The van der Waals surface area contributed by atoms with Crippen LogP contribution in [0.25, 0.3) is 0 Å². The van der Waals surface area contributed by atoms with E-state index in [1.807, 2.05) is 34.6 Å². The van der Waals surface area contributed by atoms with Crippen LogP contribution in [0, 0.1) is 12.3 Å². The lowest BCUT2D eigenvalue weighted by atomic mass is 9.83. The van der Waals surface area contributed by atoms with Gasteiger partial charge >= 0.3 is 0 Å². The summed E-state index contributed by atoms with van der Waals surface area (Å²) in [6.45, 7) is 10.2. The lowest BCUT2D eigenvalue weighted by Gasteiger charge is -2.42. The van der Waals surface area contributed by atoms with E-state index in [1.165, 1.54) is 0 Å². The lowest BCUT2D eigenvalue weighted by Crippen LogP contribution is -2.66. The van der Waals surface area contributed by atoms with Gasteiger partial charge in [-0.3, -0.25) is 9.59 Å². The van der Waals surface area contributed by atoms with Gasteiger partial charge in [-0.25, -0.2) is 4.98 Å². The van der Waals surface area contributed by atoms with Gasteiger partial charge in [0.2, 0.25) is 11.8 Å². The summed E-state index contributed by atoms with van der Waals surface area (Å²) in [7, 11) is 0. The van der Waals surface area contributed by atoms with E-state index >= 15 is 0 Å². The van der Waals surface area contributed by atoms with Crippen molar-refractivity contribution in [3.05, 3.63) is 16.1 Å². The Morgan fingerprint density at radius 1 is 1.38 bits per heavy atom. The molecule has 0 spiro atoms. The van der Waals surface area contributed by atoms with Crippen LogP contribution >= 0.6 is 11.3 Å². The molecule has 2 atom stereocenters. The van der Waals surface area contributed by atoms with Crippen LogP contribution < -0.4 is 5.32 Å². The number of nitrogens with zero attached hydrogens (tertiary/aromatic N) is 2. The molecule has 21 heavy (non-hydrogen) atoms. The number of carbonyl (C=O) groups excluding carboxylic acids is 2. The summed E-state index contributed by atoms with van der Waals surface area (Å²) in [5.74, 6) is -0.0768. The minimum Gasteiger partial charge on any atom is -0.342 e. The molecule has 0 saturated carbocycles. The Balaban J connectivity index is 2.28. The highest BCUT2D eigenvalue weighted by atomic mass is 32.1. The highest BCUT2D eigenvalue weighted by Gasteiger charge is 2.44. The topological polar surface area (TPSA) is 62.3 Å². The van der Waals surface area contributed by atoms with E-state index in [0.717, 1.165) is 9.88 Å². The number of thiazole rings is 1. The van der Waals surface area contributed by atoms with Gasteiger partial charge < -0.3 is 10.2 Å². The van der Waals surface area contributed by atoms with Crippen LogP contribution in [0.4, 0.5) is 0 Å². The first-order valence-electron chi connectivity index (χ1n) is 7.26. The van der Waals surface area contributed by atoms with E-state index in [4.69, 9.17) is 0 Å². The number of aromatic nitrogens is 1. The van der Waals surface area contributed by atoms with Crippen LogP contribution in [0.3, 0.4) is 0 Å². The number of aryl methyl sites for hydroxylation is 1. The van der Waals surface area contributed by atoms with Crippen LogP contribution in [0.1, 0.15) is 44.0 Å². The first kappa shape index (κ1) is 15.9. The highest BCUT2D eigenvalue weighted by molar-refractivity contribution is 7.11. The van der Waals surface area contributed by atoms with Crippen molar-refractivity contribution in [3.8, 4) is 0 Å². The smallest absolute Gasteiger partial charge is 0.246 e. The summed E-state index contributed by atoms with van der Waals surface area (Å²) < 4.78 is 0. The summed E-state index contributed by atoms with van der Waals surface area (Å²) in [5, 5.41) is 3.76. The molecule has 0 radical (unpaired) electrons. The van der Waals surface area contributed by atoms with E-state index in [2.05, 4.69) is 10.3 Å². The van der Waals surface area contributed by atoms with Gasteiger partial charge in [0, 0.05) is 11.1 Å². The van der Waals surface area contributed by atoms with Gasteiger partial charge in [0.15, 0.2) is 0 Å². The molecular formula is C15H23N3O2S. The predicted molar refractivity (Wildman–Crippen MR) is 82.9 cm³/mol. The molecule has 2 amide bonds. The quantitative estimate of drug-likeness (QED) is 0.930. The van der Waals surface area contributed by atoms with E-state index < -0.39 is 12.1 Å². The molecule has 6 heteroatoms. The first-order chi connectivity index (χ1) is 9.74. The summed E-state index contributed by atoms with van der Waals surface area (Å²) in [6.07, 6.45) is 2.41. The summed E-state index contributed by atoms with van der Waals surface area (Å²) in [5.41, 5.74) is -0.303. The van der Waals surface area contributed by atoms with E-state index in [9.17, 15) is 9.59 Å². The Hall–Kier alpha value is -1.43. The van der Waals surface area contributed by atoms with Crippen LogP contribution in [0.2, 0.25) is 0 Å². The van der Waals surface area contributed by atoms with Gasteiger partial charge in [0.25, 0.3) is 0 Å². The zero-order valence-electron chi connectivity index (χ0n) is 13.3. The molecule has 2 unspecified atom stereocenters. The zero-order valence-corrected chi connectivity index (χ0v) is 14.1. The van der Waals surface area contributed by atoms with Crippen molar-refractivity contribution in [2.75, 3.05) is 0 Å². The molecule has 1 aliphatic rings. The lowest BCUT2D eigenvalue weighted by molar-refractivity contribution is -0.153. The van der Waals surface area contributed by atoms with E-state index in [-0.39, 0.29) is 17.2 Å². The van der Waals surface area contributed by atoms with Gasteiger partial charge in [-0.2, -0.15) is 0 Å². The summed E-state index contributed by atoms with van der Waals surface area (Å²) in [6, 6.07) is -0.880. The normalized spacial score (nSPS) is 23.4. The Morgan fingerprint density at radius 3 is 2.52 bits per heavy atom. The Labute approximate surface area is 129 Å². The van der Waals surface area contributed by atoms with Gasteiger partial charge in [0.1, 0.15) is 17.1 Å². The minimum atomic E-state index is -0.478. The molecule has 0 bridgehead atoms. The number of hydrogen-bond donors (Lipinski definition) is 1. The number of nitrogens with one attached hydrogen (secondary N) is 1. The predicted octanol–water partition coefficient (Wildman–Crippen LogP) is 2.10. The third kappa shape index (κ3) is 3.26. The fourth-order valence-corrected chi connectivity index (χ4v) is 3.35. The van der Waals surface area contributed by atoms with Gasteiger partial charge in [-0.15, -0.1) is 11.3 Å². The van der Waals surface area contributed by atoms with Crippen LogP contribution in [-0.4, -0.2) is 33.8 Å². The molecule has 5 nitrogen and oxygen atoms in total. The first-order valence-corrected chi connectivity index (χ1v) is 8.08. The van der Waals surface area contributed by atoms with Crippen molar-refractivity contribution in [1.29, 1.82) is 0 Å². The second-order valence-corrected chi connectivity index (χ2v) is 7.88. The fourth-order valence-electron chi connectivity index (χ4n) is 2.56. The number of rotatable bonds is 3. The third-order valence-corrected chi connectivity index (χ3v) is 4.62. The van der Waals surface area contributed by atoms with Gasteiger partial charge in [-0.1, -0.05) is 27.7 Å². The second-order valence-electron chi connectivity index (χ2n) is 6.56. The number of hydrogen-bond acceptors (Lipinski definition) is 4. The maximum absolute atomic E-state index is 12.8. The average Bonchev–Trinajstić information content (AvgIpc) is 2.78. The summed E-state index contributed by atoms with van der Waals surface area (Å²) >= 11 is 1.57. The summed E-state index contributed by atoms with van der Waals surface area (Å²) in [4.78, 5) is 32.2. The van der Waals surface area contributed by atoms with Crippen molar-refractivity contribution >= 4 is 23.2 Å². The van der Waals surface area contributed by atoms with Crippen LogP contribution in [0.15, 0.2) is 6.20 Å². The van der Waals surface area contributed by atoms with Crippen LogP contribution in [0.5, 0.6) is 0 Å². The third-order valence-electron chi connectivity index (χ3n) is 3.72. The molecule has 116 valence electrons. The number of amides is 2. The molecule has 0 aliphatic carbocycles. The molecule has 0 aromatic carbocycles. The molecule has 1 aromatic rings. The van der Waals surface area contributed by atoms with Gasteiger partial charge in [0.05, 0.1) is 6.54 Å². The molecule has 1 fully saturated rings. The molecule has 1 aromatic heterocycles. The Morgan fingerprint density at radius 2 is 2.05 bits per heavy atom. The molecule has 1 N–H and O–H groups in total. The van der Waals surface area contributed by atoms with E-state index in [0.29, 0.717) is 13.0 Å². The molecule has 1 saturated heterocycles. The standard InChI is InChI=1S/C15H23N3O2S/c1-6-10-13(19)17-12(15(3,4)5)14(20)18(10)8-11-16-7-9(2)21-11/h7,10,12H,6,8H2,1-5H3,(H,17,19). The monoisotopic (exact) mass is 309 g/mol. The van der Waals surface area contributed by atoms with Crippen molar-refractivity contribution in [2.45, 2.75) is 59.7 Å². The minimum absolute atomic E-state index is 0.0122.